The van der Waals surface area contributed by atoms with Crippen molar-refractivity contribution in [3.63, 3.8) is 0 Å². The predicted octanol–water partition coefficient (Wildman–Crippen LogP) is 2.35. The van der Waals surface area contributed by atoms with Crippen LogP contribution in [0.2, 0.25) is 0 Å². The molecule has 0 atom stereocenters. The molecule has 1 aliphatic rings. The number of nitrogens with one attached hydrogen (secondary N) is 2. The minimum atomic E-state index is -3.61. The van der Waals surface area contributed by atoms with Crippen molar-refractivity contribution in [1.29, 1.82) is 0 Å². The molecule has 0 aromatic heterocycles. The molecule has 0 aliphatic carbocycles. The van der Waals surface area contributed by atoms with Crippen molar-refractivity contribution < 1.29 is 27.5 Å². The van der Waals surface area contributed by atoms with Crippen LogP contribution in [0, 0.1) is 6.92 Å². The molecule has 0 saturated carbocycles. The Hall–Kier alpha value is -2.46. The zero-order valence-corrected chi connectivity index (χ0v) is 19.6. The number of carbonyl (C=O) groups is 3. The van der Waals surface area contributed by atoms with E-state index in [9.17, 15) is 22.8 Å². The number of anilines is 1. The van der Waals surface area contributed by atoms with Crippen molar-refractivity contribution in [1.82, 2.24) is 9.62 Å². The minimum Gasteiger partial charge on any atom is -0.456 e. The van der Waals surface area contributed by atoms with Crippen LogP contribution >= 0.6 is 0 Å². The summed E-state index contributed by atoms with van der Waals surface area (Å²) in [6, 6.07) is 4.65. The zero-order chi connectivity index (χ0) is 23.6. The Bertz CT molecular complexity index is 910. The van der Waals surface area contributed by atoms with Crippen LogP contribution < -0.4 is 10.6 Å². The Kier molecular flexibility index (Phi) is 10.1. The van der Waals surface area contributed by atoms with Gasteiger partial charge in [-0.1, -0.05) is 18.9 Å². The second kappa shape index (κ2) is 12.5. The lowest BCUT2D eigenvalue weighted by molar-refractivity contribution is -0.147. The van der Waals surface area contributed by atoms with Crippen LogP contribution in [0.1, 0.15) is 57.4 Å². The first-order chi connectivity index (χ1) is 15.2. The molecule has 2 rings (SSSR count). The molecule has 1 heterocycles. The fourth-order valence-electron chi connectivity index (χ4n) is 3.39. The van der Waals surface area contributed by atoms with E-state index in [1.54, 1.807) is 19.1 Å². The summed E-state index contributed by atoms with van der Waals surface area (Å²) in [5.74, 6) is -1.09. The maximum absolute atomic E-state index is 12.9. The van der Waals surface area contributed by atoms with Gasteiger partial charge in [0.25, 0.3) is 5.91 Å². The van der Waals surface area contributed by atoms with Crippen LogP contribution in [-0.2, 0) is 29.1 Å². The van der Waals surface area contributed by atoms with Gasteiger partial charge in [0.1, 0.15) is 0 Å². The third-order valence-corrected chi connectivity index (χ3v) is 7.13. The Morgan fingerprint density at radius 1 is 1.06 bits per heavy atom. The summed E-state index contributed by atoms with van der Waals surface area (Å²) in [5.41, 5.74) is 1.09. The number of nitrogens with zero attached hydrogens (tertiary/aromatic N) is 1. The SMILES string of the molecule is CC(=O)NCCCCCC(=O)OCC(=O)Nc1cc(S(=O)(=O)N2CCCCC2)ccc1C. The first-order valence-corrected chi connectivity index (χ1v) is 12.4. The maximum atomic E-state index is 12.9. The van der Waals surface area contributed by atoms with Gasteiger partial charge in [-0.05, 0) is 50.3 Å². The third kappa shape index (κ3) is 8.23. The first-order valence-electron chi connectivity index (χ1n) is 11.0. The van der Waals surface area contributed by atoms with Gasteiger partial charge in [-0.25, -0.2) is 8.42 Å². The van der Waals surface area contributed by atoms with Gasteiger partial charge in [-0.15, -0.1) is 0 Å². The standard InChI is InChI=1S/C22H33N3O6S/c1-17-10-11-19(32(29,30)25-13-7-4-8-14-25)15-20(17)24-21(27)16-31-22(28)9-5-3-6-12-23-18(2)26/h10-11,15H,3-9,12-14,16H2,1-2H3,(H,23,26)(H,24,27). The van der Waals surface area contributed by atoms with Crippen molar-refractivity contribution in [2.75, 3.05) is 31.6 Å². The molecule has 1 aliphatic heterocycles. The van der Waals surface area contributed by atoms with E-state index in [0.717, 1.165) is 32.1 Å². The summed E-state index contributed by atoms with van der Waals surface area (Å²) in [6.45, 7) is 4.35. The lowest BCUT2D eigenvalue weighted by atomic mass is 10.2. The number of hydrogen-bond donors (Lipinski definition) is 2. The topological polar surface area (TPSA) is 122 Å². The van der Waals surface area contributed by atoms with E-state index >= 15 is 0 Å². The summed E-state index contributed by atoms with van der Waals surface area (Å²) in [5, 5.41) is 5.32. The molecule has 0 radical (unpaired) electrons. The Labute approximate surface area is 189 Å². The average Bonchev–Trinajstić information content (AvgIpc) is 2.76. The lowest BCUT2D eigenvalue weighted by Gasteiger charge is -2.26. The van der Waals surface area contributed by atoms with Crippen molar-refractivity contribution in [3.8, 4) is 0 Å². The molecule has 2 amide bonds. The highest BCUT2D eigenvalue weighted by atomic mass is 32.2. The van der Waals surface area contributed by atoms with E-state index in [-0.39, 0.29) is 17.2 Å². The molecule has 1 fully saturated rings. The largest absolute Gasteiger partial charge is 0.456 e. The zero-order valence-electron chi connectivity index (χ0n) is 18.8. The summed E-state index contributed by atoms with van der Waals surface area (Å²) >= 11 is 0. The minimum absolute atomic E-state index is 0.0831. The fraction of sp³-hybridized carbons (Fsp3) is 0.591. The average molecular weight is 468 g/mol. The van der Waals surface area contributed by atoms with Crippen molar-refractivity contribution in [3.05, 3.63) is 23.8 Å². The van der Waals surface area contributed by atoms with Crippen LogP contribution in [-0.4, -0.2) is 56.7 Å². The number of esters is 1. The Balaban J connectivity index is 1.82. The van der Waals surface area contributed by atoms with E-state index in [1.165, 1.54) is 17.3 Å². The van der Waals surface area contributed by atoms with Gasteiger partial charge in [0.2, 0.25) is 15.9 Å². The number of sulfonamides is 1. The van der Waals surface area contributed by atoms with E-state index in [0.29, 0.717) is 37.3 Å². The van der Waals surface area contributed by atoms with Crippen molar-refractivity contribution >= 4 is 33.5 Å². The molecular formula is C22H33N3O6S. The van der Waals surface area contributed by atoms with Crippen LogP contribution in [0.4, 0.5) is 5.69 Å². The number of rotatable bonds is 11. The van der Waals surface area contributed by atoms with Crippen molar-refractivity contribution in [2.45, 2.75) is 63.7 Å². The highest BCUT2D eigenvalue weighted by Crippen LogP contribution is 2.25. The van der Waals surface area contributed by atoms with Crippen LogP contribution in [0.25, 0.3) is 0 Å². The summed E-state index contributed by atoms with van der Waals surface area (Å²) < 4.78 is 32.2. The molecule has 0 spiro atoms. The number of piperidine rings is 1. The lowest BCUT2D eigenvalue weighted by Crippen LogP contribution is -2.35. The van der Waals surface area contributed by atoms with E-state index in [1.807, 2.05) is 0 Å². The maximum Gasteiger partial charge on any atom is 0.306 e. The fourth-order valence-corrected chi connectivity index (χ4v) is 4.93. The van der Waals surface area contributed by atoms with Gasteiger partial charge in [0.15, 0.2) is 6.61 Å². The van der Waals surface area contributed by atoms with Gasteiger partial charge < -0.3 is 15.4 Å². The molecule has 0 unspecified atom stereocenters. The molecule has 1 saturated heterocycles. The molecule has 1 aromatic carbocycles. The Morgan fingerprint density at radius 2 is 1.78 bits per heavy atom. The van der Waals surface area contributed by atoms with Gasteiger partial charge in [-0.3, -0.25) is 14.4 Å². The molecule has 32 heavy (non-hydrogen) atoms. The second-order valence-corrected chi connectivity index (χ2v) is 9.88. The number of unbranched alkanes of at least 4 members (excludes halogenated alkanes) is 2. The Morgan fingerprint density at radius 3 is 2.47 bits per heavy atom. The third-order valence-electron chi connectivity index (χ3n) is 5.23. The second-order valence-electron chi connectivity index (χ2n) is 7.94. The number of ether oxygens (including phenoxy) is 1. The van der Waals surface area contributed by atoms with Gasteiger partial charge in [0, 0.05) is 38.7 Å². The smallest absolute Gasteiger partial charge is 0.306 e. The summed E-state index contributed by atoms with van der Waals surface area (Å²) in [6.07, 6.45) is 5.04. The van der Waals surface area contributed by atoms with Gasteiger partial charge >= 0.3 is 5.97 Å². The number of benzene rings is 1. The normalized spacial score (nSPS) is 14.6. The summed E-state index contributed by atoms with van der Waals surface area (Å²) in [7, 11) is -3.61. The molecular weight excluding hydrogens is 434 g/mol. The quantitative estimate of drug-likeness (QED) is 0.381. The van der Waals surface area contributed by atoms with Gasteiger partial charge in [0.05, 0.1) is 4.90 Å². The monoisotopic (exact) mass is 467 g/mol. The molecule has 10 heteroatoms. The number of hydrogen-bond acceptors (Lipinski definition) is 6. The molecule has 178 valence electrons. The summed E-state index contributed by atoms with van der Waals surface area (Å²) in [4.78, 5) is 34.9. The van der Waals surface area contributed by atoms with E-state index < -0.39 is 28.5 Å². The van der Waals surface area contributed by atoms with Gasteiger partial charge in [-0.2, -0.15) is 4.31 Å². The number of carbonyl (C=O) groups excluding carboxylic acids is 3. The number of amides is 2. The van der Waals surface area contributed by atoms with E-state index in [4.69, 9.17) is 4.74 Å². The molecule has 1 aromatic rings. The van der Waals surface area contributed by atoms with E-state index in [2.05, 4.69) is 10.6 Å². The molecule has 9 nitrogen and oxygen atoms in total. The highest BCUT2D eigenvalue weighted by molar-refractivity contribution is 7.89. The highest BCUT2D eigenvalue weighted by Gasteiger charge is 2.26. The van der Waals surface area contributed by atoms with Crippen LogP contribution in [0.5, 0.6) is 0 Å². The van der Waals surface area contributed by atoms with Crippen LogP contribution in [0.3, 0.4) is 0 Å². The molecule has 0 bridgehead atoms. The number of aryl methyl sites for hydroxylation is 1. The molecule has 2 N–H and O–H groups in total. The van der Waals surface area contributed by atoms with Crippen LogP contribution in [0.15, 0.2) is 23.1 Å². The predicted molar refractivity (Wildman–Crippen MR) is 121 cm³/mol. The van der Waals surface area contributed by atoms with Crippen molar-refractivity contribution in [2.24, 2.45) is 0 Å². The first kappa shape index (κ1) is 25.8.